The number of rotatable bonds is 19. The highest BCUT2D eigenvalue weighted by Gasteiger charge is 2.44. The largest absolute Gasteiger partial charge is 0.390 e. The molecule has 0 aromatic rings. The minimum atomic E-state index is -3.83. The van der Waals surface area contributed by atoms with E-state index in [0.29, 0.717) is 32.4 Å². The van der Waals surface area contributed by atoms with Gasteiger partial charge in [-0.05, 0) is 76.5 Å². The van der Waals surface area contributed by atoms with Gasteiger partial charge in [0.25, 0.3) is 0 Å². The number of carbonyl (C=O) groups excluding carboxylic acids is 2. The van der Waals surface area contributed by atoms with E-state index in [1.54, 1.807) is 4.90 Å². The maximum absolute atomic E-state index is 14.5. The molecule has 7 atom stereocenters. The van der Waals surface area contributed by atoms with E-state index in [9.17, 15) is 40.3 Å². The molecule has 0 saturated heterocycles. The average Bonchev–Trinajstić information content (AvgIpc) is 3.07. The fraction of sp³-hybridized carbons (Fsp3) is 0.943. The van der Waals surface area contributed by atoms with Gasteiger partial charge in [0.05, 0.1) is 22.6 Å². The Morgan fingerprint density at radius 1 is 0.784 bits per heavy atom. The zero-order chi connectivity index (χ0) is 37.9. The van der Waals surface area contributed by atoms with Gasteiger partial charge in [0.2, 0.25) is 31.9 Å². The summed E-state index contributed by atoms with van der Waals surface area (Å²) in [5.41, 5.74) is 0. The maximum Gasteiger partial charge on any atom is 0.227 e. The van der Waals surface area contributed by atoms with E-state index >= 15 is 0 Å². The Hall–Kier alpha value is -1.46. The van der Waals surface area contributed by atoms with Gasteiger partial charge in [0.15, 0.2) is 0 Å². The van der Waals surface area contributed by atoms with Crippen molar-refractivity contribution in [1.82, 2.24) is 24.4 Å². The number of nitrogens with zero attached hydrogens (tertiary/aromatic N) is 3. The van der Waals surface area contributed by atoms with Gasteiger partial charge in [0.1, 0.15) is 12.3 Å². The summed E-state index contributed by atoms with van der Waals surface area (Å²) in [5, 5.41) is 14.5. The highest BCUT2D eigenvalue weighted by Crippen LogP contribution is 2.37. The number of aliphatic hydroxyl groups excluding tert-OH is 1. The normalized spacial score (nSPS) is 28.0. The molecule has 3 saturated carbocycles. The molecule has 7 unspecified atom stereocenters. The van der Waals surface area contributed by atoms with E-state index in [2.05, 4.69) is 10.1 Å². The molecule has 3 N–H and O–H groups in total. The van der Waals surface area contributed by atoms with Crippen molar-refractivity contribution in [2.75, 3.05) is 40.3 Å². The number of nitrogens with one attached hydrogen (secondary N) is 2. The highest BCUT2D eigenvalue weighted by atomic mass is 32.2. The standard InChI is InChI=1S/C35H65F2N5O7S2/c1-6-14-41(15-7-2)35(45)27-20-26(21-31(22-27)51(48,49)40(4)5)34(44)38-32(19-25-17-28(36)23-29(37)18-25)33(43)24-42(16-8-3)39-50(46,47)30-12-10-9-11-13-30/h25-33,39,43H,6-24H2,1-5H3,(H,38,44). The van der Waals surface area contributed by atoms with Crippen LogP contribution in [0, 0.1) is 17.8 Å². The Morgan fingerprint density at radius 2 is 1.35 bits per heavy atom. The van der Waals surface area contributed by atoms with Crippen LogP contribution in [-0.2, 0) is 29.6 Å². The number of amides is 2. The third-order valence-corrected chi connectivity index (χ3v) is 14.9. The van der Waals surface area contributed by atoms with Crippen molar-refractivity contribution in [3.8, 4) is 0 Å². The molecule has 0 aromatic heterocycles. The van der Waals surface area contributed by atoms with Gasteiger partial charge in [-0.25, -0.2) is 34.9 Å². The SMILES string of the molecule is CCCN(CC(O)C(CC1CC(F)CC(F)C1)NC(=O)C1CC(C(=O)N(CCC)CCC)CC(S(=O)(=O)N(C)C)C1)NS(=O)(=O)C1CCCCC1. The number of hydrogen-bond acceptors (Lipinski definition) is 8. The first-order valence-electron chi connectivity index (χ1n) is 19.2. The van der Waals surface area contributed by atoms with E-state index in [-0.39, 0.29) is 63.9 Å². The average molecular weight is 770 g/mol. The van der Waals surface area contributed by atoms with E-state index in [1.165, 1.54) is 19.1 Å². The molecule has 0 spiro atoms. The van der Waals surface area contributed by atoms with Crippen LogP contribution in [0.4, 0.5) is 8.78 Å². The van der Waals surface area contributed by atoms with Crippen LogP contribution in [-0.4, -0.2) is 123 Å². The van der Waals surface area contributed by atoms with E-state index in [0.717, 1.165) is 36.4 Å². The fourth-order valence-corrected chi connectivity index (χ4v) is 11.4. The molecule has 3 aliphatic rings. The monoisotopic (exact) mass is 769 g/mol. The molecule has 3 aliphatic carbocycles. The first kappa shape index (κ1) is 43.9. The Morgan fingerprint density at radius 3 is 1.90 bits per heavy atom. The van der Waals surface area contributed by atoms with E-state index in [1.807, 2.05) is 20.8 Å². The van der Waals surface area contributed by atoms with Crippen molar-refractivity contribution in [3.63, 3.8) is 0 Å². The van der Waals surface area contributed by atoms with Crippen LogP contribution in [0.15, 0.2) is 0 Å². The molecule has 298 valence electrons. The van der Waals surface area contributed by atoms with Crippen molar-refractivity contribution in [2.45, 2.75) is 152 Å². The van der Waals surface area contributed by atoms with E-state index < -0.39 is 78.7 Å². The Kier molecular flexibility index (Phi) is 17.5. The predicted molar refractivity (Wildman–Crippen MR) is 195 cm³/mol. The molecular weight excluding hydrogens is 705 g/mol. The molecule has 0 bridgehead atoms. The second kappa shape index (κ2) is 20.3. The van der Waals surface area contributed by atoms with Crippen LogP contribution in [0.5, 0.6) is 0 Å². The van der Waals surface area contributed by atoms with Crippen molar-refractivity contribution < 1.29 is 40.3 Å². The summed E-state index contributed by atoms with van der Waals surface area (Å²) in [6.45, 7) is 6.94. The van der Waals surface area contributed by atoms with Crippen LogP contribution in [0.25, 0.3) is 0 Å². The molecule has 12 nitrogen and oxygen atoms in total. The second-order valence-electron chi connectivity index (χ2n) is 15.4. The minimum Gasteiger partial charge on any atom is -0.390 e. The lowest BCUT2D eigenvalue weighted by molar-refractivity contribution is -0.138. The van der Waals surface area contributed by atoms with Crippen LogP contribution in [0.2, 0.25) is 0 Å². The summed E-state index contributed by atoms with van der Waals surface area (Å²) in [6, 6.07) is -1.00. The number of alkyl halides is 2. The third-order valence-electron chi connectivity index (χ3n) is 10.8. The molecule has 16 heteroatoms. The quantitative estimate of drug-likeness (QED) is 0.167. The highest BCUT2D eigenvalue weighted by molar-refractivity contribution is 7.90. The van der Waals surface area contributed by atoms with Crippen molar-refractivity contribution in [1.29, 1.82) is 0 Å². The first-order chi connectivity index (χ1) is 24.0. The Labute approximate surface area is 305 Å². The summed E-state index contributed by atoms with van der Waals surface area (Å²) >= 11 is 0. The van der Waals surface area contributed by atoms with Gasteiger partial charge in [-0.1, -0.05) is 40.0 Å². The zero-order valence-electron chi connectivity index (χ0n) is 31.4. The minimum absolute atomic E-state index is 0.0216. The molecule has 3 fully saturated rings. The predicted octanol–water partition coefficient (Wildman–Crippen LogP) is 3.90. The van der Waals surface area contributed by atoms with Crippen molar-refractivity contribution in [3.05, 3.63) is 0 Å². The number of carbonyl (C=O) groups is 2. The fourth-order valence-electron chi connectivity index (χ4n) is 8.24. The van der Waals surface area contributed by atoms with Crippen molar-refractivity contribution in [2.24, 2.45) is 17.8 Å². The topological polar surface area (TPSA) is 156 Å². The Balaban J connectivity index is 1.88. The first-order valence-corrected chi connectivity index (χ1v) is 22.3. The number of halogens is 2. The molecule has 0 radical (unpaired) electrons. The molecule has 0 aliphatic heterocycles. The smallest absolute Gasteiger partial charge is 0.227 e. The number of sulfonamides is 2. The van der Waals surface area contributed by atoms with Crippen molar-refractivity contribution >= 4 is 31.9 Å². The summed E-state index contributed by atoms with van der Waals surface area (Å²) in [7, 11) is -4.72. The third kappa shape index (κ3) is 12.8. The van der Waals surface area contributed by atoms with E-state index in [4.69, 9.17) is 0 Å². The summed E-state index contributed by atoms with van der Waals surface area (Å²) in [6.07, 6.45) is 1.91. The van der Waals surface area contributed by atoms with Gasteiger partial charge in [-0.2, -0.15) is 0 Å². The van der Waals surface area contributed by atoms with Crippen LogP contribution in [0.1, 0.15) is 117 Å². The molecule has 51 heavy (non-hydrogen) atoms. The summed E-state index contributed by atoms with van der Waals surface area (Å²) in [4.78, 5) is 32.3. The number of hydrogen-bond donors (Lipinski definition) is 3. The van der Waals surface area contributed by atoms with Crippen LogP contribution in [0.3, 0.4) is 0 Å². The lowest BCUT2D eigenvalue weighted by Gasteiger charge is -2.38. The molecule has 0 heterocycles. The number of hydrazine groups is 1. The molecule has 2 amide bonds. The van der Waals surface area contributed by atoms with Gasteiger partial charge >= 0.3 is 0 Å². The second-order valence-corrected chi connectivity index (χ2v) is 19.8. The maximum atomic E-state index is 14.5. The van der Waals surface area contributed by atoms with Gasteiger partial charge in [-0.15, -0.1) is 4.83 Å². The molecule has 0 aromatic carbocycles. The molecular formula is C35H65F2N5O7S2. The Bertz CT molecular complexity index is 1300. The lowest BCUT2D eigenvalue weighted by Crippen LogP contribution is -2.56. The zero-order valence-corrected chi connectivity index (χ0v) is 33.1. The lowest BCUT2D eigenvalue weighted by atomic mass is 9.79. The number of aliphatic hydroxyl groups is 1. The van der Waals surface area contributed by atoms with Gasteiger partial charge in [0, 0.05) is 58.5 Å². The van der Waals surface area contributed by atoms with Gasteiger partial charge < -0.3 is 15.3 Å². The molecule has 3 rings (SSSR count). The van der Waals surface area contributed by atoms with Gasteiger partial charge in [-0.3, -0.25) is 9.59 Å². The van der Waals surface area contributed by atoms with Crippen LogP contribution >= 0.6 is 0 Å². The summed E-state index contributed by atoms with van der Waals surface area (Å²) in [5.74, 6) is -2.79. The summed E-state index contributed by atoms with van der Waals surface area (Å²) < 4.78 is 83.5. The van der Waals surface area contributed by atoms with Crippen LogP contribution < -0.4 is 10.1 Å².